The Morgan fingerprint density at radius 3 is 2.88 bits per heavy atom. The zero-order valence-corrected chi connectivity index (χ0v) is 11.2. The average Bonchev–Trinajstić information content (AvgIpc) is 2.53. The molecule has 0 radical (unpaired) electrons. The fourth-order valence-electron chi connectivity index (χ4n) is 2.58. The topological polar surface area (TPSA) is 33.1 Å². The van der Waals surface area contributed by atoms with Crippen LogP contribution in [0.1, 0.15) is 31.9 Å². The molecule has 1 unspecified atom stereocenters. The van der Waals surface area contributed by atoms with Crippen LogP contribution in [0.2, 0.25) is 0 Å². The third-order valence-corrected chi connectivity index (χ3v) is 3.64. The van der Waals surface area contributed by atoms with Gasteiger partial charge >= 0.3 is 0 Å². The van der Waals surface area contributed by atoms with Crippen LogP contribution in [-0.4, -0.2) is 40.4 Å². The van der Waals surface area contributed by atoms with Crippen molar-refractivity contribution in [2.24, 2.45) is 7.05 Å². The fraction of sp³-hybridized carbons (Fsp3) is 0.769. The van der Waals surface area contributed by atoms with Gasteiger partial charge in [-0.1, -0.05) is 6.92 Å². The van der Waals surface area contributed by atoms with E-state index in [4.69, 9.17) is 0 Å². The van der Waals surface area contributed by atoms with Crippen molar-refractivity contribution in [2.45, 2.75) is 39.2 Å². The number of anilines is 1. The minimum absolute atomic E-state index is 0.606. The SMILES string of the molecule is CCN1CCCC(Nc2cn(C)nc2C)CC1. The number of nitrogens with zero attached hydrogens (tertiary/aromatic N) is 3. The fourth-order valence-corrected chi connectivity index (χ4v) is 2.58. The van der Waals surface area contributed by atoms with E-state index in [2.05, 4.69) is 35.4 Å². The van der Waals surface area contributed by atoms with Gasteiger partial charge in [-0.3, -0.25) is 4.68 Å². The summed E-state index contributed by atoms with van der Waals surface area (Å²) in [6.45, 7) is 7.96. The van der Waals surface area contributed by atoms with Crippen molar-refractivity contribution in [3.05, 3.63) is 11.9 Å². The van der Waals surface area contributed by atoms with Crippen molar-refractivity contribution in [2.75, 3.05) is 25.0 Å². The second-order valence-corrected chi connectivity index (χ2v) is 5.01. The Bertz CT molecular complexity index is 358. The maximum Gasteiger partial charge on any atom is 0.0825 e. The van der Waals surface area contributed by atoms with Gasteiger partial charge in [0.1, 0.15) is 0 Å². The highest BCUT2D eigenvalue weighted by Crippen LogP contribution is 2.18. The van der Waals surface area contributed by atoms with Gasteiger partial charge < -0.3 is 10.2 Å². The molecule has 1 fully saturated rings. The van der Waals surface area contributed by atoms with Gasteiger partial charge in [0, 0.05) is 25.8 Å². The van der Waals surface area contributed by atoms with Crippen LogP contribution in [0.4, 0.5) is 5.69 Å². The summed E-state index contributed by atoms with van der Waals surface area (Å²) >= 11 is 0. The lowest BCUT2D eigenvalue weighted by molar-refractivity contribution is 0.300. The first kappa shape index (κ1) is 12.4. The van der Waals surface area contributed by atoms with Crippen molar-refractivity contribution in [1.29, 1.82) is 0 Å². The number of hydrogen-bond donors (Lipinski definition) is 1. The van der Waals surface area contributed by atoms with E-state index in [1.807, 2.05) is 11.7 Å². The molecule has 0 aromatic carbocycles. The minimum Gasteiger partial charge on any atom is -0.380 e. The van der Waals surface area contributed by atoms with Crippen molar-refractivity contribution in [3.8, 4) is 0 Å². The number of rotatable bonds is 3. The molecular weight excluding hydrogens is 212 g/mol. The van der Waals surface area contributed by atoms with E-state index in [0.717, 1.165) is 5.69 Å². The molecule has 1 saturated heterocycles. The Kier molecular flexibility index (Phi) is 4.05. The lowest BCUT2D eigenvalue weighted by Gasteiger charge is -2.18. The van der Waals surface area contributed by atoms with Gasteiger partial charge in [0.25, 0.3) is 0 Å². The van der Waals surface area contributed by atoms with Gasteiger partial charge in [-0.15, -0.1) is 0 Å². The standard InChI is InChI=1S/C13H24N4/c1-4-17-8-5-6-12(7-9-17)14-13-10-16(3)15-11(13)2/h10,12,14H,4-9H2,1-3H3. The molecule has 2 rings (SSSR count). The Morgan fingerprint density at radius 1 is 1.41 bits per heavy atom. The van der Waals surface area contributed by atoms with Gasteiger partial charge in [-0.05, 0) is 39.3 Å². The van der Waals surface area contributed by atoms with Crippen molar-refractivity contribution >= 4 is 5.69 Å². The average molecular weight is 236 g/mol. The maximum absolute atomic E-state index is 4.37. The first-order valence-electron chi connectivity index (χ1n) is 6.68. The molecule has 2 heterocycles. The lowest BCUT2D eigenvalue weighted by Crippen LogP contribution is -2.26. The van der Waals surface area contributed by atoms with E-state index < -0.39 is 0 Å². The van der Waals surface area contributed by atoms with Crippen molar-refractivity contribution in [3.63, 3.8) is 0 Å². The first-order valence-corrected chi connectivity index (χ1v) is 6.68. The van der Waals surface area contributed by atoms with Gasteiger partial charge in [-0.25, -0.2) is 0 Å². The second kappa shape index (κ2) is 5.54. The smallest absolute Gasteiger partial charge is 0.0825 e. The van der Waals surface area contributed by atoms with Crippen LogP contribution in [0.5, 0.6) is 0 Å². The summed E-state index contributed by atoms with van der Waals surface area (Å²) in [6, 6.07) is 0.606. The number of likely N-dealkylation sites (tertiary alicyclic amines) is 1. The molecule has 96 valence electrons. The van der Waals surface area contributed by atoms with Crippen LogP contribution in [0.15, 0.2) is 6.20 Å². The summed E-state index contributed by atoms with van der Waals surface area (Å²) in [5, 5.41) is 8.02. The highest BCUT2D eigenvalue weighted by Gasteiger charge is 2.16. The molecule has 1 aliphatic heterocycles. The summed E-state index contributed by atoms with van der Waals surface area (Å²) in [4.78, 5) is 2.54. The Labute approximate surface area is 104 Å². The number of aryl methyl sites for hydroxylation is 2. The number of aromatic nitrogens is 2. The predicted octanol–water partition coefficient (Wildman–Crippen LogP) is 2.01. The molecule has 4 nitrogen and oxygen atoms in total. The van der Waals surface area contributed by atoms with Gasteiger partial charge in [0.15, 0.2) is 0 Å². The Balaban J connectivity index is 1.93. The van der Waals surface area contributed by atoms with Gasteiger partial charge in [0.05, 0.1) is 11.4 Å². The van der Waals surface area contributed by atoms with Crippen LogP contribution >= 0.6 is 0 Å². The Hall–Kier alpha value is -1.03. The first-order chi connectivity index (χ1) is 8.19. The lowest BCUT2D eigenvalue weighted by atomic mass is 10.1. The predicted molar refractivity (Wildman–Crippen MR) is 71.3 cm³/mol. The molecule has 0 amide bonds. The highest BCUT2D eigenvalue weighted by atomic mass is 15.3. The minimum atomic E-state index is 0.606. The summed E-state index contributed by atoms with van der Waals surface area (Å²) in [6.07, 6.45) is 5.88. The second-order valence-electron chi connectivity index (χ2n) is 5.01. The Morgan fingerprint density at radius 2 is 2.24 bits per heavy atom. The summed E-state index contributed by atoms with van der Waals surface area (Å²) in [7, 11) is 1.98. The van der Waals surface area contributed by atoms with E-state index >= 15 is 0 Å². The molecule has 4 heteroatoms. The maximum atomic E-state index is 4.37. The van der Waals surface area contributed by atoms with E-state index in [1.165, 1.54) is 44.6 Å². The van der Waals surface area contributed by atoms with E-state index in [0.29, 0.717) is 6.04 Å². The molecule has 1 aromatic heterocycles. The van der Waals surface area contributed by atoms with Crippen LogP contribution in [-0.2, 0) is 7.05 Å². The van der Waals surface area contributed by atoms with E-state index in [9.17, 15) is 0 Å². The third kappa shape index (κ3) is 3.22. The number of hydrogen-bond acceptors (Lipinski definition) is 3. The third-order valence-electron chi connectivity index (χ3n) is 3.64. The molecular formula is C13H24N4. The molecule has 1 aromatic rings. The number of nitrogens with one attached hydrogen (secondary N) is 1. The van der Waals surface area contributed by atoms with E-state index in [1.54, 1.807) is 0 Å². The van der Waals surface area contributed by atoms with E-state index in [-0.39, 0.29) is 0 Å². The van der Waals surface area contributed by atoms with Crippen LogP contribution < -0.4 is 5.32 Å². The quantitative estimate of drug-likeness (QED) is 0.871. The zero-order valence-electron chi connectivity index (χ0n) is 11.2. The molecule has 1 aliphatic rings. The molecule has 0 aliphatic carbocycles. The largest absolute Gasteiger partial charge is 0.380 e. The summed E-state index contributed by atoms with van der Waals surface area (Å²) in [5.41, 5.74) is 2.30. The molecule has 0 bridgehead atoms. The van der Waals surface area contributed by atoms with Crippen molar-refractivity contribution < 1.29 is 0 Å². The van der Waals surface area contributed by atoms with Crippen LogP contribution in [0.25, 0.3) is 0 Å². The summed E-state index contributed by atoms with van der Waals surface area (Å²) < 4.78 is 1.88. The normalized spacial score (nSPS) is 22.4. The van der Waals surface area contributed by atoms with Crippen LogP contribution in [0, 0.1) is 6.92 Å². The van der Waals surface area contributed by atoms with Gasteiger partial charge in [-0.2, -0.15) is 5.10 Å². The molecule has 0 spiro atoms. The zero-order chi connectivity index (χ0) is 12.3. The highest BCUT2D eigenvalue weighted by molar-refractivity contribution is 5.46. The van der Waals surface area contributed by atoms with Crippen LogP contribution in [0.3, 0.4) is 0 Å². The monoisotopic (exact) mass is 236 g/mol. The van der Waals surface area contributed by atoms with Gasteiger partial charge in [0.2, 0.25) is 0 Å². The molecule has 0 saturated carbocycles. The summed E-state index contributed by atoms with van der Waals surface area (Å²) in [5.74, 6) is 0. The van der Waals surface area contributed by atoms with Crippen molar-refractivity contribution in [1.82, 2.24) is 14.7 Å². The molecule has 17 heavy (non-hydrogen) atoms. The molecule has 1 atom stereocenters. The molecule has 1 N–H and O–H groups in total.